The summed E-state index contributed by atoms with van der Waals surface area (Å²) in [4.78, 5) is 13.6. The van der Waals surface area contributed by atoms with Gasteiger partial charge in [0.05, 0.1) is 12.5 Å². The second-order valence-electron chi connectivity index (χ2n) is 5.27. The molecular formula is C15H23N5. The Bertz CT molecular complexity index is 586. The van der Waals surface area contributed by atoms with E-state index in [2.05, 4.69) is 45.6 Å². The van der Waals surface area contributed by atoms with E-state index in [1.54, 1.807) is 0 Å². The van der Waals surface area contributed by atoms with E-state index in [9.17, 15) is 0 Å². The van der Waals surface area contributed by atoms with Gasteiger partial charge in [-0.05, 0) is 19.3 Å². The van der Waals surface area contributed by atoms with Gasteiger partial charge in [0, 0.05) is 24.8 Å². The zero-order valence-corrected chi connectivity index (χ0v) is 12.9. The van der Waals surface area contributed by atoms with E-state index in [0.29, 0.717) is 5.92 Å². The first-order chi connectivity index (χ1) is 9.58. The first-order valence-electron chi connectivity index (χ1n) is 7.15. The first kappa shape index (κ1) is 14.5. The molecule has 1 N–H and O–H groups in total. The van der Waals surface area contributed by atoms with E-state index >= 15 is 0 Å². The van der Waals surface area contributed by atoms with Gasteiger partial charge in [-0.25, -0.2) is 15.0 Å². The Hall–Kier alpha value is -1.91. The van der Waals surface area contributed by atoms with Gasteiger partial charge in [0.2, 0.25) is 0 Å². The quantitative estimate of drug-likeness (QED) is 0.908. The smallest absolute Gasteiger partial charge is 0.180 e. The maximum absolute atomic E-state index is 4.68. The molecule has 0 unspecified atom stereocenters. The molecule has 20 heavy (non-hydrogen) atoms. The van der Waals surface area contributed by atoms with Gasteiger partial charge in [0.25, 0.3) is 0 Å². The highest BCUT2D eigenvalue weighted by Crippen LogP contribution is 2.27. The summed E-state index contributed by atoms with van der Waals surface area (Å²) in [6.45, 7) is 9.44. The van der Waals surface area contributed by atoms with Gasteiger partial charge in [-0.15, -0.1) is 0 Å². The minimum absolute atomic E-state index is 0.395. The number of rotatable bonds is 5. The normalized spacial score (nSPS) is 11.1. The topological polar surface area (TPSA) is 55.6 Å². The fourth-order valence-corrected chi connectivity index (χ4v) is 2.50. The molecule has 0 spiro atoms. The van der Waals surface area contributed by atoms with Crippen LogP contribution in [0.15, 0.2) is 12.5 Å². The van der Waals surface area contributed by atoms with Crippen molar-refractivity contribution in [2.24, 2.45) is 0 Å². The molecule has 0 aliphatic rings. The highest BCUT2D eigenvalue weighted by atomic mass is 15.1. The molecule has 0 saturated carbocycles. The molecule has 0 aliphatic heterocycles. The van der Waals surface area contributed by atoms with Crippen molar-refractivity contribution in [3.8, 4) is 11.5 Å². The second-order valence-corrected chi connectivity index (χ2v) is 5.27. The maximum atomic E-state index is 4.68. The largest absolute Gasteiger partial charge is 0.373 e. The zero-order chi connectivity index (χ0) is 14.7. The van der Waals surface area contributed by atoms with Gasteiger partial charge in [0.1, 0.15) is 11.5 Å². The Morgan fingerprint density at radius 2 is 2.05 bits per heavy atom. The highest BCUT2D eigenvalue weighted by Gasteiger charge is 2.16. The van der Waals surface area contributed by atoms with Crippen LogP contribution in [0.3, 0.4) is 0 Å². The molecule has 2 aromatic heterocycles. The van der Waals surface area contributed by atoms with Gasteiger partial charge in [0.15, 0.2) is 5.82 Å². The molecule has 108 valence electrons. The lowest BCUT2D eigenvalue weighted by Gasteiger charge is -2.16. The number of aromatic nitrogens is 4. The van der Waals surface area contributed by atoms with Crippen molar-refractivity contribution in [2.75, 3.05) is 12.4 Å². The van der Waals surface area contributed by atoms with Gasteiger partial charge in [-0.1, -0.05) is 20.8 Å². The second kappa shape index (κ2) is 6.03. The lowest BCUT2D eigenvalue weighted by molar-refractivity contribution is 0.680. The third-order valence-corrected chi connectivity index (χ3v) is 3.36. The molecule has 5 heteroatoms. The van der Waals surface area contributed by atoms with Gasteiger partial charge in [-0.3, -0.25) is 0 Å². The Balaban J connectivity index is 2.53. The summed E-state index contributed by atoms with van der Waals surface area (Å²) < 4.78 is 2.10. The fourth-order valence-electron chi connectivity index (χ4n) is 2.50. The number of nitrogens with zero attached hydrogens (tertiary/aromatic N) is 4. The average molecular weight is 273 g/mol. The molecule has 5 nitrogen and oxygen atoms in total. The van der Waals surface area contributed by atoms with Crippen LogP contribution in [0.5, 0.6) is 0 Å². The lowest BCUT2D eigenvalue weighted by Crippen LogP contribution is -2.08. The van der Waals surface area contributed by atoms with E-state index in [1.165, 1.54) is 5.56 Å². The molecule has 0 aromatic carbocycles. The molecule has 2 heterocycles. The van der Waals surface area contributed by atoms with E-state index in [-0.39, 0.29) is 0 Å². The van der Waals surface area contributed by atoms with Crippen molar-refractivity contribution in [2.45, 2.75) is 46.6 Å². The van der Waals surface area contributed by atoms with Crippen molar-refractivity contribution < 1.29 is 0 Å². The molecule has 0 saturated heterocycles. The minimum atomic E-state index is 0.395. The number of hydrogen-bond acceptors (Lipinski definition) is 4. The van der Waals surface area contributed by atoms with Crippen LogP contribution in [0.1, 0.15) is 44.4 Å². The molecule has 0 bridgehead atoms. The number of hydrogen-bond donors (Lipinski definition) is 1. The average Bonchev–Trinajstić information content (AvgIpc) is 2.85. The minimum Gasteiger partial charge on any atom is -0.373 e. The number of aryl methyl sites for hydroxylation is 2. The summed E-state index contributed by atoms with van der Waals surface area (Å²) in [5, 5.41) is 3.19. The summed E-state index contributed by atoms with van der Waals surface area (Å²) in [6, 6.07) is 0. The molecule has 0 amide bonds. The molecule has 2 aromatic rings. The predicted molar refractivity (Wildman–Crippen MR) is 81.9 cm³/mol. The monoisotopic (exact) mass is 273 g/mol. The van der Waals surface area contributed by atoms with Crippen molar-refractivity contribution in [3.63, 3.8) is 0 Å². The van der Waals surface area contributed by atoms with E-state index in [1.807, 2.05) is 26.5 Å². The number of imidazole rings is 1. The fraction of sp³-hybridized carbons (Fsp3) is 0.533. The van der Waals surface area contributed by atoms with E-state index in [4.69, 9.17) is 0 Å². The highest BCUT2D eigenvalue weighted by molar-refractivity contribution is 5.57. The van der Waals surface area contributed by atoms with Crippen molar-refractivity contribution >= 4 is 5.82 Å². The lowest BCUT2D eigenvalue weighted by atomic mass is 10.0. The standard InChI is InChI=1S/C15H23N5/c1-6-7-20-9-17-8-12(20)14-18-11(4)13(10(2)3)15(16-5)19-14/h8-10H,6-7H2,1-5H3,(H,16,18,19). The number of anilines is 1. The molecule has 0 atom stereocenters. The van der Waals surface area contributed by atoms with Crippen molar-refractivity contribution in [1.82, 2.24) is 19.5 Å². The SMILES string of the molecule is CCCn1cncc1-c1nc(C)c(C(C)C)c(NC)n1. The van der Waals surface area contributed by atoms with Gasteiger partial charge >= 0.3 is 0 Å². The van der Waals surface area contributed by atoms with Gasteiger partial charge in [-0.2, -0.15) is 0 Å². The van der Waals surface area contributed by atoms with Crippen LogP contribution < -0.4 is 5.32 Å². The first-order valence-corrected chi connectivity index (χ1v) is 7.15. The van der Waals surface area contributed by atoms with Crippen LogP contribution in [-0.4, -0.2) is 26.6 Å². The molecule has 2 rings (SSSR count). The van der Waals surface area contributed by atoms with Crippen molar-refractivity contribution in [3.05, 3.63) is 23.8 Å². The summed E-state index contributed by atoms with van der Waals surface area (Å²) in [7, 11) is 1.90. The predicted octanol–water partition coefficient (Wildman–Crippen LogP) is 3.22. The Morgan fingerprint density at radius 1 is 1.30 bits per heavy atom. The maximum Gasteiger partial charge on any atom is 0.180 e. The summed E-state index contributed by atoms with van der Waals surface area (Å²) in [5.74, 6) is 2.04. The van der Waals surface area contributed by atoms with Crippen molar-refractivity contribution in [1.29, 1.82) is 0 Å². The summed E-state index contributed by atoms with van der Waals surface area (Å²) in [5.41, 5.74) is 3.18. The van der Waals surface area contributed by atoms with E-state index < -0.39 is 0 Å². The third-order valence-electron chi connectivity index (χ3n) is 3.36. The Kier molecular flexibility index (Phi) is 4.37. The van der Waals surface area contributed by atoms with Crippen LogP contribution in [0.25, 0.3) is 11.5 Å². The van der Waals surface area contributed by atoms with Crippen LogP contribution in [0, 0.1) is 6.92 Å². The molecular weight excluding hydrogens is 250 g/mol. The molecule has 0 aliphatic carbocycles. The van der Waals surface area contributed by atoms with E-state index in [0.717, 1.165) is 36.0 Å². The zero-order valence-electron chi connectivity index (χ0n) is 12.9. The Morgan fingerprint density at radius 3 is 2.65 bits per heavy atom. The summed E-state index contributed by atoms with van der Waals surface area (Å²) in [6.07, 6.45) is 4.73. The van der Waals surface area contributed by atoms with Crippen LogP contribution in [0.2, 0.25) is 0 Å². The summed E-state index contributed by atoms with van der Waals surface area (Å²) >= 11 is 0. The Labute approximate surface area is 120 Å². The molecule has 0 radical (unpaired) electrons. The third kappa shape index (κ3) is 2.66. The molecule has 0 fully saturated rings. The van der Waals surface area contributed by atoms with Crippen LogP contribution in [-0.2, 0) is 6.54 Å². The van der Waals surface area contributed by atoms with Gasteiger partial charge < -0.3 is 9.88 Å². The number of nitrogens with one attached hydrogen (secondary N) is 1. The van der Waals surface area contributed by atoms with Crippen LogP contribution >= 0.6 is 0 Å². The van der Waals surface area contributed by atoms with Crippen LogP contribution in [0.4, 0.5) is 5.82 Å².